The number of hydrogen-bond donors (Lipinski definition) is 3. The van der Waals surface area contributed by atoms with Gasteiger partial charge in [0.1, 0.15) is 17.6 Å². The first-order chi connectivity index (χ1) is 15.1. The summed E-state index contributed by atoms with van der Waals surface area (Å²) >= 11 is 0. The molecule has 7 heteroatoms. The summed E-state index contributed by atoms with van der Waals surface area (Å²) in [5.41, 5.74) is 0.850. The number of carbonyl (C=O) groups excluding carboxylic acids is 2. The molecule has 0 radical (unpaired) electrons. The number of ether oxygens (including phenoxy) is 2. The van der Waals surface area contributed by atoms with Gasteiger partial charge >= 0.3 is 6.09 Å². The van der Waals surface area contributed by atoms with Crippen LogP contribution in [0.5, 0.6) is 11.5 Å². The normalized spacial score (nSPS) is 12.4. The lowest BCUT2D eigenvalue weighted by atomic mass is 10.0. The zero-order valence-corrected chi connectivity index (χ0v) is 16.7. The highest BCUT2D eigenvalue weighted by Crippen LogP contribution is 2.29. The van der Waals surface area contributed by atoms with Crippen molar-refractivity contribution in [1.82, 2.24) is 5.32 Å². The second-order valence-electron chi connectivity index (χ2n) is 6.72. The molecular weight excluding hydrogens is 398 g/mol. The van der Waals surface area contributed by atoms with Crippen LogP contribution in [-0.4, -0.2) is 34.9 Å². The zero-order valence-electron chi connectivity index (χ0n) is 16.7. The monoisotopic (exact) mass is 421 g/mol. The van der Waals surface area contributed by atoms with Crippen LogP contribution in [0, 0.1) is 0 Å². The van der Waals surface area contributed by atoms with E-state index in [4.69, 9.17) is 9.47 Å². The molecule has 3 rings (SSSR count). The van der Waals surface area contributed by atoms with Gasteiger partial charge in [-0.3, -0.25) is 10.1 Å². The molecule has 0 heterocycles. The summed E-state index contributed by atoms with van der Waals surface area (Å²) in [6.45, 7) is -0.208. The maximum Gasteiger partial charge on any atom is 0.414 e. The fraction of sp³-hybridized carbons (Fsp3) is 0.167. The van der Waals surface area contributed by atoms with Gasteiger partial charge in [-0.25, -0.2) is 4.79 Å². The quantitative estimate of drug-likeness (QED) is 0.511. The summed E-state index contributed by atoms with van der Waals surface area (Å²) in [5.74, 6) is -0.0132. The minimum atomic E-state index is -0.952. The number of carbonyl (C=O) groups is 2. The van der Waals surface area contributed by atoms with Gasteiger partial charge in [-0.2, -0.15) is 0 Å². The van der Waals surface area contributed by atoms with E-state index in [0.717, 1.165) is 0 Å². The van der Waals surface area contributed by atoms with Gasteiger partial charge in [0.25, 0.3) is 5.91 Å². The number of aliphatic hydroxyl groups excluding tert-OH is 1. The maximum atomic E-state index is 12.5. The van der Waals surface area contributed by atoms with Crippen molar-refractivity contribution in [2.75, 3.05) is 6.61 Å². The van der Waals surface area contributed by atoms with Crippen LogP contribution in [0.3, 0.4) is 0 Å². The molecule has 0 aliphatic heterocycles. The van der Waals surface area contributed by atoms with Crippen molar-refractivity contribution in [2.45, 2.75) is 18.6 Å². The molecule has 7 nitrogen and oxygen atoms in total. The Labute approximate surface area is 179 Å². The highest BCUT2D eigenvalue weighted by Gasteiger charge is 2.29. The molecule has 0 unspecified atom stereocenters. The van der Waals surface area contributed by atoms with Gasteiger partial charge in [-0.1, -0.05) is 48.5 Å². The SMILES string of the molecule is O=C(NC(=O)c1ccccc1)O[C@@H](c1ccc(O)cc1)[C@H](CCO)Oc1ccccc1. The number of hydrogen-bond acceptors (Lipinski definition) is 6. The largest absolute Gasteiger partial charge is 0.508 e. The van der Waals surface area contributed by atoms with Crippen LogP contribution in [0.25, 0.3) is 0 Å². The van der Waals surface area contributed by atoms with Crippen LogP contribution < -0.4 is 10.1 Å². The number of benzene rings is 3. The van der Waals surface area contributed by atoms with Crippen LogP contribution in [0.4, 0.5) is 4.79 Å². The Morgan fingerprint density at radius 2 is 1.48 bits per heavy atom. The number of rotatable bonds is 8. The van der Waals surface area contributed by atoms with Crippen LogP contribution >= 0.6 is 0 Å². The Morgan fingerprint density at radius 3 is 2.10 bits per heavy atom. The molecule has 160 valence electrons. The summed E-state index contributed by atoms with van der Waals surface area (Å²) in [7, 11) is 0. The minimum Gasteiger partial charge on any atom is -0.508 e. The van der Waals surface area contributed by atoms with E-state index in [9.17, 15) is 19.8 Å². The van der Waals surface area contributed by atoms with E-state index in [0.29, 0.717) is 16.9 Å². The zero-order chi connectivity index (χ0) is 22.1. The van der Waals surface area contributed by atoms with E-state index in [-0.39, 0.29) is 18.8 Å². The lowest BCUT2D eigenvalue weighted by molar-refractivity contribution is 0.00387. The Kier molecular flexibility index (Phi) is 7.61. The summed E-state index contributed by atoms with van der Waals surface area (Å²) in [5, 5.41) is 21.4. The average Bonchev–Trinajstić information content (AvgIpc) is 2.79. The number of aromatic hydroxyl groups is 1. The maximum absolute atomic E-state index is 12.5. The molecule has 3 aromatic rings. The molecule has 0 aliphatic carbocycles. The van der Waals surface area contributed by atoms with E-state index in [2.05, 4.69) is 5.32 Å². The second-order valence-corrected chi connectivity index (χ2v) is 6.72. The van der Waals surface area contributed by atoms with E-state index in [1.807, 2.05) is 6.07 Å². The van der Waals surface area contributed by atoms with Crippen LogP contribution in [0.1, 0.15) is 28.4 Å². The third kappa shape index (κ3) is 6.32. The highest BCUT2D eigenvalue weighted by molar-refractivity contribution is 6.02. The fourth-order valence-electron chi connectivity index (χ4n) is 2.99. The fourth-order valence-corrected chi connectivity index (χ4v) is 2.99. The molecule has 2 amide bonds. The summed E-state index contributed by atoms with van der Waals surface area (Å²) in [4.78, 5) is 24.8. The van der Waals surface area contributed by atoms with E-state index >= 15 is 0 Å². The van der Waals surface area contributed by atoms with Crippen molar-refractivity contribution in [3.8, 4) is 11.5 Å². The number of phenolic OH excluding ortho intramolecular Hbond substituents is 1. The average molecular weight is 421 g/mol. The van der Waals surface area contributed by atoms with E-state index in [1.54, 1.807) is 66.7 Å². The van der Waals surface area contributed by atoms with Gasteiger partial charge in [0.2, 0.25) is 0 Å². The van der Waals surface area contributed by atoms with Gasteiger partial charge in [0.05, 0.1) is 0 Å². The third-order valence-corrected chi connectivity index (χ3v) is 4.49. The molecule has 0 aromatic heterocycles. The first kappa shape index (κ1) is 21.9. The minimum absolute atomic E-state index is 0.0499. The van der Waals surface area contributed by atoms with Crippen molar-refractivity contribution in [2.24, 2.45) is 0 Å². The number of para-hydroxylation sites is 1. The number of amides is 2. The summed E-state index contributed by atoms with van der Waals surface area (Å²) < 4.78 is 11.5. The molecule has 2 atom stereocenters. The number of aliphatic hydroxyl groups is 1. The molecule has 0 bridgehead atoms. The lowest BCUT2D eigenvalue weighted by Crippen LogP contribution is -2.36. The molecule has 3 N–H and O–H groups in total. The van der Waals surface area contributed by atoms with Gasteiger partial charge in [0.15, 0.2) is 6.10 Å². The number of nitrogens with one attached hydrogen (secondary N) is 1. The Hall–Kier alpha value is -3.84. The predicted molar refractivity (Wildman–Crippen MR) is 114 cm³/mol. The lowest BCUT2D eigenvalue weighted by Gasteiger charge is -2.28. The molecule has 0 fully saturated rings. The van der Waals surface area contributed by atoms with Gasteiger partial charge < -0.3 is 19.7 Å². The van der Waals surface area contributed by atoms with Crippen molar-refractivity contribution in [3.05, 3.63) is 96.1 Å². The Bertz CT molecular complexity index is 976. The van der Waals surface area contributed by atoms with Gasteiger partial charge in [0, 0.05) is 18.6 Å². The Balaban J connectivity index is 1.81. The smallest absolute Gasteiger partial charge is 0.414 e. The molecule has 0 aliphatic rings. The summed E-state index contributed by atoms with van der Waals surface area (Å²) in [6, 6.07) is 23.3. The molecule has 0 saturated carbocycles. The number of phenols is 1. The molecule has 0 spiro atoms. The number of imide groups is 1. The van der Waals surface area contributed by atoms with E-state index < -0.39 is 24.2 Å². The van der Waals surface area contributed by atoms with Crippen molar-refractivity contribution in [3.63, 3.8) is 0 Å². The predicted octanol–water partition coefficient (Wildman–Crippen LogP) is 3.83. The van der Waals surface area contributed by atoms with Crippen molar-refractivity contribution in [1.29, 1.82) is 0 Å². The van der Waals surface area contributed by atoms with Crippen LogP contribution in [-0.2, 0) is 4.74 Å². The highest BCUT2D eigenvalue weighted by atomic mass is 16.6. The molecular formula is C24H23NO6. The Morgan fingerprint density at radius 1 is 0.871 bits per heavy atom. The van der Waals surface area contributed by atoms with Gasteiger partial charge in [-0.15, -0.1) is 0 Å². The van der Waals surface area contributed by atoms with Crippen molar-refractivity contribution < 1.29 is 29.3 Å². The first-order valence-electron chi connectivity index (χ1n) is 9.75. The van der Waals surface area contributed by atoms with E-state index in [1.165, 1.54) is 12.1 Å². The topological polar surface area (TPSA) is 105 Å². The van der Waals surface area contributed by atoms with Crippen molar-refractivity contribution >= 4 is 12.0 Å². The number of alkyl carbamates (subject to hydrolysis) is 1. The van der Waals surface area contributed by atoms with Crippen LogP contribution in [0.15, 0.2) is 84.9 Å². The third-order valence-electron chi connectivity index (χ3n) is 4.49. The molecule has 31 heavy (non-hydrogen) atoms. The first-order valence-corrected chi connectivity index (χ1v) is 9.75. The summed E-state index contributed by atoms with van der Waals surface area (Å²) in [6.07, 6.45) is -2.47. The molecule has 3 aromatic carbocycles. The molecule has 0 saturated heterocycles. The standard InChI is InChI=1S/C24H23NO6/c26-16-15-21(30-20-9-5-2-6-10-20)22(17-11-13-19(27)14-12-17)31-24(29)25-23(28)18-7-3-1-4-8-18/h1-14,21-22,26-27H,15-16H2,(H,25,28,29)/t21-,22-/m0/s1. The van der Waals surface area contributed by atoms with Crippen LogP contribution in [0.2, 0.25) is 0 Å². The van der Waals surface area contributed by atoms with Gasteiger partial charge in [-0.05, 0) is 42.0 Å². The second kappa shape index (κ2) is 10.8.